The molecule has 0 amide bonds. The van der Waals surface area contributed by atoms with Crippen LogP contribution in [0.15, 0.2) is 48.8 Å². The second-order valence-electron chi connectivity index (χ2n) is 5.75. The summed E-state index contributed by atoms with van der Waals surface area (Å²) in [5, 5.41) is 26.0. The van der Waals surface area contributed by atoms with E-state index in [1.165, 1.54) is 6.07 Å². The van der Waals surface area contributed by atoms with Crippen molar-refractivity contribution in [3.05, 3.63) is 64.7 Å². The first-order chi connectivity index (χ1) is 13.6. The molecule has 0 saturated carbocycles. The Morgan fingerprint density at radius 1 is 1.21 bits per heavy atom. The van der Waals surface area contributed by atoms with Crippen molar-refractivity contribution in [2.24, 2.45) is 0 Å². The van der Waals surface area contributed by atoms with Crippen LogP contribution in [0.25, 0.3) is 11.3 Å². The Morgan fingerprint density at radius 3 is 2.79 bits per heavy atom. The fraction of sp³-hybridized carbons (Fsp3) is 0.167. The topological polar surface area (TPSA) is 126 Å². The van der Waals surface area contributed by atoms with Crippen molar-refractivity contribution in [1.82, 2.24) is 15.0 Å². The molecule has 144 valence electrons. The Bertz CT molecular complexity index is 971. The lowest BCUT2D eigenvalue weighted by molar-refractivity contribution is -0.384. The normalized spacial score (nSPS) is 10.5. The predicted molar refractivity (Wildman–Crippen MR) is 102 cm³/mol. The molecule has 3 aromatic rings. The largest absolute Gasteiger partial charge is 0.396 e. The quantitative estimate of drug-likeness (QED) is 0.307. The van der Waals surface area contributed by atoms with E-state index in [2.05, 4.69) is 25.6 Å². The summed E-state index contributed by atoms with van der Waals surface area (Å²) in [5.74, 6) is -0.139. The number of hydrogen-bond acceptors (Lipinski definition) is 8. The van der Waals surface area contributed by atoms with Crippen molar-refractivity contribution in [3.63, 3.8) is 0 Å². The maximum Gasteiger partial charge on any atom is 0.295 e. The summed E-state index contributed by atoms with van der Waals surface area (Å²) >= 11 is 0. The van der Waals surface area contributed by atoms with E-state index in [0.717, 1.165) is 17.7 Å². The van der Waals surface area contributed by atoms with Gasteiger partial charge in [0.25, 0.3) is 5.69 Å². The lowest BCUT2D eigenvalue weighted by atomic mass is 10.2. The van der Waals surface area contributed by atoms with E-state index in [-0.39, 0.29) is 24.1 Å². The minimum absolute atomic E-state index is 0.0160. The van der Waals surface area contributed by atoms with E-state index >= 15 is 0 Å². The number of nitrogens with zero attached hydrogens (tertiary/aromatic N) is 4. The van der Waals surface area contributed by atoms with Crippen LogP contribution in [-0.4, -0.2) is 38.1 Å². The highest BCUT2D eigenvalue weighted by atomic mass is 19.1. The number of anilines is 3. The summed E-state index contributed by atoms with van der Waals surface area (Å²) in [6, 6.07) is 8.43. The van der Waals surface area contributed by atoms with Gasteiger partial charge >= 0.3 is 0 Å². The van der Waals surface area contributed by atoms with E-state index in [0.29, 0.717) is 18.7 Å². The summed E-state index contributed by atoms with van der Waals surface area (Å²) in [6.07, 6.45) is 3.77. The molecule has 0 aliphatic rings. The number of aromatic nitrogens is 3. The average molecular weight is 384 g/mol. The highest BCUT2D eigenvalue weighted by molar-refractivity contribution is 5.71. The van der Waals surface area contributed by atoms with Crippen LogP contribution in [-0.2, 0) is 0 Å². The predicted octanol–water partition coefficient (Wildman–Crippen LogP) is 3.12. The minimum atomic E-state index is -0.706. The lowest BCUT2D eigenvalue weighted by Gasteiger charge is -2.11. The van der Waals surface area contributed by atoms with Gasteiger partial charge in [-0.1, -0.05) is 0 Å². The van der Waals surface area contributed by atoms with Gasteiger partial charge in [0.15, 0.2) is 0 Å². The number of benzene rings is 1. The summed E-state index contributed by atoms with van der Waals surface area (Å²) in [6.45, 7) is 0.464. The average Bonchev–Trinajstić information content (AvgIpc) is 2.70. The number of hydrogen-bond donors (Lipinski definition) is 3. The standard InChI is InChI=1S/C18H17FN6O3/c19-13-4-5-14(16(9-13)25(27)28)22-17-10-15(12-3-1-6-20-11-12)23-18(24-17)21-7-2-8-26/h1,3-6,9-11,26H,2,7-8H2,(H2,21,22,23,24). The van der Waals surface area contributed by atoms with Crippen molar-refractivity contribution < 1.29 is 14.4 Å². The van der Waals surface area contributed by atoms with Gasteiger partial charge in [0, 0.05) is 37.2 Å². The second kappa shape index (κ2) is 8.82. The third-order valence-corrected chi connectivity index (χ3v) is 3.72. The number of aliphatic hydroxyl groups is 1. The van der Waals surface area contributed by atoms with Crippen molar-refractivity contribution in [2.45, 2.75) is 6.42 Å². The Kier molecular flexibility index (Phi) is 6.02. The van der Waals surface area contributed by atoms with Gasteiger partial charge < -0.3 is 15.7 Å². The summed E-state index contributed by atoms with van der Waals surface area (Å²) in [7, 11) is 0. The maximum absolute atomic E-state index is 13.4. The first-order valence-electron chi connectivity index (χ1n) is 8.42. The van der Waals surface area contributed by atoms with Crippen molar-refractivity contribution in [2.75, 3.05) is 23.8 Å². The monoisotopic (exact) mass is 384 g/mol. The van der Waals surface area contributed by atoms with Gasteiger partial charge in [-0.25, -0.2) is 9.37 Å². The summed E-state index contributed by atoms with van der Waals surface area (Å²) in [5.41, 5.74) is 0.966. The molecule has 0 atom stereocenters. The molecule has 0 aliphatic carbocycles. The molecule has 28 heavy (non-hydrogen) atoms. The van der Waals surface area contributed by atoms with Crippen LogP contribution in [0.5, 0.6) is 0 Å². The zero-order valence-corrected chi connectivity index (χ0v) is 14.7. The number of nitro benzene ring substituents is 1. The van der Waals surface area contributed by atoms with Crippen LogP contribution in [0.3, 0.4) is 0 Å². The zero-order chi connectivity index (χ0) is 19.9. The SMILES string of the molecule is O=[N+]([O-])c1cc(F)ccc1Nc1cc(-c2cccnc2)nc(NCCCO)n1. The third kappa shape index (κ3) is 4.74. The number of nitrogens with one attached hydrogen (secondary N) is 2. The van der Waals surface area contributed by atoms with Gasteiger partial charge in [-0.2, -0.15) is 4.98 Å². The Balaban J connectivity index is 1.98. The zero-order valence-electron chi connectivity index (χ0n) is 14.7. The summed E-state index contributed by atoms with van der Waals surface area (Å²) < 4.78 is 13.4. The highest BCUT2D eigenvalue weighted by Crippen LogP contribution is 2.29. The van der Waals surface area contributed by atoms with Gasteiger partial charge in [0.05, 0.1) is 16.7 Å². The number of aliphatic hydroxyl groups excluding tert-OH is 1. The molecular weight excluding hydrogens is 367 g/mol. The first kappa shape index (κ1) is 19.1. The number of nitro groups is 1. The molecule has 9 nitrogen and oxygen atoms in total. The molecule has 0 bridgehead atoms. The van der Waals surface area contributed by atoms with Crippen LogP contribution >= 0.6 is 0 Å². The molecule has 0 aliphatic heterocycles. The molecular formula is C18H17FN6O3. The van der Waals surface area contributed by atoms with Crippen LogP contribution < -0.4 is 10.6 Å². The fourth-order valence-corrected chi connectivity index (χ4v) is 2.43. The van der Waals surface area contributed by atoms with Crippen LogP contribution in [0.1, 0.15) is 6.42 Å². The van der Waals surface area contributed by atoms with Crippen LogP contribution in [0.2, 0.25) is 0 Å². The van der Waals surface area contributed by atoms with E-state index in [9.17, 15) is 14.5 Å². The molecule has 2 heterocycles. The molecule has 0 unspecified atom stereocenters. The molecule has 2 aromatic heterocycles. The molecule has 3 rings (SSSR count). The molecule has 0 spiro atoms. The van der Waals surface area contributed by atoms with Gasteiger partial charge in [-0.3, -0.25) is 15.1 Å². The highest BCUT2D eigenvalue weighted by Gasteiger charge is 2.16. The number of rotatable bonds is 8. The Labute approximate surface area is 159 Å². The van der Waals surface area contributed by atoms with E-state index in [4.69, 9.17) is 5.11 Å². The molecule has 0 fully saturated rings. The number of pyridine rings is 1. The molecule has 10 heteroatoms. The van der Waals surface area contributed by atoms with Gasteiger partial charge in [-0.15, -0.1) is 0 Å². The van der Waals surface area contributed by atoms with E-state index < -0.39 is 16.4 Å². The van der Waals surface area contributed by atoms with Crippen molar-refractivity contribution >= 4 is 23.1 Å². The summed E-state index contributed by atoms with van der Waals surface area (Å²) in [4.78, 5) is 23.3. The van der Waals surface area contributed by atoms with E-state index in [1.54, 1.807) is 24.5 Å². The van der Waals surface area contributed by atoms with Crippen LogP contribution in [0.4, 0.5) is 27.5 Å². The first-order valence-corrected chi connectivity index (χ1v) is 8.42. The second-order valence-corrected chi connectivity index (χ2v) is 5.75. The van der Waals surface area contributed by atoms with Crippen molar-refractivity contribution in [1.29, 1.82) is 0 Å². The minimum Gasteiger partial charge on any atom is -0.396 e. The fourth-order valence-electron chi connectivity index (χ4n) is 2.43. The Morgan fingerprint density at radius 2 is 2.07 bits per heavy atom. The van der Waals surface area contributed by atoms with Gasteiger partial charge in [0.1, 0.15) is 17.3 Å². The molecule has 0 radical (unpaired) electrons. The smallest absolute Gasteiger partial charge is 0.295 e. The van der Waals surface area contributed by atoms with Crippen molar-refractivity contribution in [3.8, 4) is 11.3 Å². The van der Waals surface area contributed by atoms with Crippen LogP contribution in [0, 0.1) is 15.9 Å². The molecule has 3 N–H and O–H groups in total. The Hall–Kier alpha value is -3.66. The molecule has 0 saturated heterocycles. The lowest BCUT2D eigenvalue weighted by Crippen LogP contribution is -2.09. The molecule has 1 aromatic carbocycles. The van der Waals surface area contributed by atoms with E-state index in [1.807, 2.05) is 6.07 Å². The van der Waals surface area contributed by atoms with Gasteiger partial charge in [0.2, 0.25) is 5.95 Å². The number of halogens is 1. The maximum atomic E-state index is 13.4. The van der Waals surface area contributed by atoms with Gasteiger partial charge in [-0.05, 0) is 30.7 Å². The third-order valence-electron chi connectivity index (χ3n) is 3.72.